The van der Waals surface area contributed by atoms with Crippen molar-refractivity contribution in [2.45, 2.75) is 26.8 Å². The Morgan fingerprint density at radius 1 is 1.00 bits per heavy atom. The lowest BCUT2D eigenvalue weighted by atomic mass is 10.1. The van der Waals surface area contributed by atoms with Crippen molar-refractivity contribution in [1.29, 1.82) is 0 Å². The van der Waals surface area contributed by atoms with Crippen LogP contribution in [0.4, 0.5) is 0 Å². The van der Waals surface area contributed by atoms with E-state index in [1.54, 1.807) is 7.11 Å². The van der Waals surface area contributed by atoms with Gasteiger partial charge in [0.15, 0.2) is 0 Å². The van der Waals surface area contributed by atoms with Crippen LogP contribution in [0, 0.1) is 13.8 Å². The number of methoxy groups -OCH3 is 1. The maximum absolute atomic E-state index is 6.04. The quantitative estimate of drug-likeness (QED) is 0.909. The normalized spacial score (nSPS) is 12.1. The monoisotopic (exact) mass is 271 g/mol. The number of hydrogen-bond donors (Lipinski definition) is 1. The number of benzene rings is 2. The van der Waals surface area contributed by atoms with Gasteiger partial charge in [0.2, 0.25) is 0 Å². The average molecular weight is 271 g/mol. The molecule has 0 aliphatic heterocycles. The van der Waals surface area contributed by atoms with E-state index in [4.69, 9.17) is 15.2 Å². The summed E-state index contributed by atoms with van der Waals surface area (Å²) in [4.78, 5) is 0. The fraction of sp³-hybridized carbons (Fsp3) is 0.294. The van der Waals surface area contributed by atoms with Crippen LogP contribution in [0.15, 0.2) is 36.4 Å². The molecule has 106 valence electrons. The Morgan fingerprint density at radius 2 is 1.70 bits per heavy atom. The van der Waals surface area contributed by atoms with Crippen LogP contribution in [0.5, 0.6) is 17.2 Å². The molecule has 2 aromatic carbocycles. The van der Waals surface area contributed by atoms with Crippen LogP contribution in [0.25, 0.3) is 0 Å². The second-order valence-corrected chi connectivity index (χ2v) is 5.01. The van der Waals surface area contributed by atoms with Crippen molar-refractivity contribution in [3.05, 3.63) is 53.1 Å². The first-order valence-electron chi connectivity index (χ1n) is 6.70. The third-order valence-corrected chi connectivity index (χ3v) is 3.41. The summed E-state index contributed by atoms with van der Waals surface area (Å²) in [6, 6.07) is 11.6. The zero-order valence-electron chi connectivity index (χ0n) is 12.4. The Bertz CT molecular complexity index is 606. The molecule has 0 amide bonds. The summed E-state index contributed by atoms with van der Waals surface area (Å²) in [5, 5.41) is 0. The SMILES string of the molecule is COc1cccc(Oc2ccc(C)c(C)c2)c1C(C)N. The molecule has 0 radical (unpaired) electrons. The maximum Gasteiger partial charge on any atom is 0.135 e. The highest BCUT2D eigenvalue weighted by molar-refractivity contribution is 5.49. The fourth-order valence-electron chi connectivity index (χ4n) is 2.14. The van der Waals surface area contributed by atoms with E-state index in [9.17, 15) is 0 Å². The van der Waals surface area contributed by atoms with E-state index in [1.807, 2.05) is 37.3 Å². The number of hydrogen-bond acceptors (Lipinski definition) is 3. The van der Waals surface area contributed by atoms with Gasteiger partial charge in [0.25, 0.3) is 0 Å². The predicted molar refractivity (Wildman–Crippen MR) is 81.6 cm³/mol. The van der Waals surface area contributed by atoms with E-state index < -0.39 is 0 Å². The molecule has 0 bridgehead atoms. The molecule has 0 aliphatic carbocycles. The van der Waals surface area contributed by atoms with E-state index in [-0.39, 0.29) is 6.04 Å². The van der Waals surface area contributed by atoms with E-state index in [0.717, 1.165) is 22.8 Å². The molecule has 2 aromatic rings. The molecule has 2 rings (SSSR count). The van der Waals surface area contributed by atoms with Crippen LogP contribution in [0.1, 0.15) is 29.7 Å². The van der Waals surface area contributed by atoms with Gasteiger partial charge < -0.3 is 15.2 Å². The van der Waals surface area contributed by atoms with Crippen molar-refractivity contribution in [1.82, 2.24) is 0 Å². The summed E-state index contributed by atoms with van der Waals surface area (Å²) in [6.45, 7) is 6.07. The van der Waals surface area contributed by atoms with E-state index in [1.165, 1.54) is 11.1 Å². The van der Waals surface area contributed by atoms with E-state index in [0.29, 0.717) is 0 Å². The Morgan fingerprint density at radius 3 is 2.30 bits per heavy atom. The maximum atomic E-state index is 6.04. The molecule has 0 fully saturated rings. The zero-order valence-corrected chi connectivity index (χ0v) is 12.4. The Balaban J connectivity index is 2.40. The lowest BCUT2D eigenvalue weighted by molar-refractivity contribution is 0.397. The van der Waals surface area contributed by atoms with Gasteiger partial charge in [-0.25, -0.2) is 0 Å². The van der Waals surface area contributed by atoms with Crippen LogP contribution in [-0.2, 0) is 0 Å². The van der Waals surface area contributed by atoms with E-state index in [2.05, 4.69) is 19.9 Å². The molecule has 2 N–H and O–H groups in total. The predicted octanol–water partition coefficient (Wildman–Crippen LogP) is 4.12. The standard InChI is InChI=1S/C17H21NO2/c1-11-8-9-14(10-12(11)2)20-16-7-5-6-15(19-4)17(16)13(3)18/h5-10,13H,18H2,1-4H3. The molecular weight excluding hydrogens is 250 g/mol. The first-order chi connectivity index (χ1) is 9.52. The summed E-state index contributed by atoms with van der Waals surface area (Å²) < 4.78 is 11.4. The molecule has 0 aromatic heterocycles. The third-order valence-electron chi connectivity index (χ3n) is 3.41. The average Bonchev–Trinajstić information content (AvgIpc) is 2.42. The number of nitrogens with two attached hydrogens (primary N) is 1. The van der Waals surface area contributed by atoms with Crippen molar-refractivity contribution in [2.24, 2.45) is 5.73 Å². The smallest absolute Gasteiger partial charge is 0.135 e. The van der Waals surface area contributed by atoms with Gasteiger partial charge in [-0.1, -0.05) is 12.1 Å². The van der Waals surface area contributed by atoms with Gasteiger partial charge in [0, 0.05) is 6.04 Å². The molecule has 0 saturated carbocycles. The highest BCUT2D eigenvalue weighted by Crippen LogP contribution is 2.35. The zero-order chi connectivity index (χ0) is 14.7. The van der Waals surface area contributed by atoms with Gasteiger partial charge in [-0.2, -0.15) is 0 Å². The van der Waals surface area contributed by atoms with Crippen molar-refractivity contribution >= 4 is 0 Å². The second kappa shape index (κ2) is 5.97. The molecule has 0 heterocycles. The topological polar surface area (TPSA) is 44.5 Å². The summed E-state index contributed by atoms with van der Waals surface area (Å²) >= 11 is 0. The fourth-order valence-corrected chi connectivity index (χ4v) is 2.14. The van der Waals surface area contributed by atoms with Crippen LogP contribution >= 0.6 is 0 Å². The minimum absolute atomic E-state index is 0.160. The summed E-state index contributed by atoms with van der Waals surface area (Å²) in [5.74, 6) is 2.30. The molecule has 3 heteroatoms. The van der Waals surface area contributed by atoms with Gasteiger partial charge in [0.1, 0.15) is 17.2 Å². The molecule has 3 nitrogen and oxygen atoms in total. The Kier molecular flexibility index (Phi) is 4.30. The van der Waals surface area contributed by atoms with Crippen LogP contribution < -0.4 is 15.2 Å². The molecule has 0 aliphatic rings. The van der Waals surface area contributed by atoms with Crippen molar-refractivity contribution in [2.75, 3.05) is 7.11 Å². The number of rotatable bonds is 4. The molecular formula is C17H21NO2. The summed E-state index contributed by atoms with van der Waals surface area (Å²) in [7, 11) is 1.64. The van der Waals surface area contributed by atoms with Crippen molar-refractivity contribution < 1.29 is 9.47 Å². The summed E-state index contributed by atoms with van der Waals surface area (Å²) in [6.07, 6.45) is 0. The molecule has 1 unspecified atom stereocenters. The number of aryl methyl sites for hydroxylation is 2. The lowest BCUT2D eigenvalue weighted by Crippen LogP contribution is -2.08. The van der Waals surface area contributed by atoms with Gasteiger partial charge in [-0.05, 0) is 56.2 Å². The highest BCUT2D eigenvalue weighted by atomic mass is 16.5. The van der Waals surface area contributed by atoms with Gasteiger partial charge in [0.05, 0.1) is 12.7 Å². The third kappa shape index (κ3) is 2.94. The lowest BCUT2D eigenvalue weighted by Gasteiger charge is -2.17. The van der Waals surface area contributed by atoms with Crippen LogP contribution in [0.3, 0.4) is 0 Å². The largest absolute Gasteiger partial charge is 0.496 e. The molecule has 1 atom stereocenters. The van der Waals surface area contributed by atoms with E-state index >= 15 is 0 Å². The number of ether oxygens (including phenoxy) is 2. The van der Waals surface area contributed by atoms with Gasteiger partial charge in [-0.3, -0.25) is 0 Å². The highest BCUT2D eigenvalue weighted by Gasteiger charge is 2.15. The molecule has 0 spiro atoms. The van der Waals surface area contributed by atoms with Crippen molar-refractivity contribution in [3.63, 3.8) is 0 Å². The second-order valence-electron chi connectivity index (χ2n) is 5.01. The minimum Gasteiger partial charge on any atom is -0.496 e. The first kappa shape index (κ1) is 14.4. The van der Waals surface area contributed by atoms with Crippen LogP contribution in [-0.4, -0.2) is 7.11 Å². The minimum atomic E-state index is -0.160. The van der Waals surface area contributed by atoms with Gasteiger partial charge in [-0.15, -0.1) is 0 Å². The summed E-state index contributed by atoms with van der Waals surface area (Å²) in [5.41, 5.74) is 9.37. The van der Waals surface area contributed by atoms with Gasteiger partial charge >= 0.3 is 0 Å². The molecule has 0 saturated heterocycles. The van der Waals surface area contributed by atoms with Crippen molar-refractivity contribution in [3.8, 4) is 17.2 Å². The van der Waals surface area contributed by atoms with Crippen LogP contribution in [0.2, 0.25) is 0 Å². The molecule has 20 heavy (non-hydrogen) atoms. The first-order valence-corrected chi connectivity index (χ1v) is 6.70. The Hall–Kier alpha value is -2.00. The Labute approximate surface area is 120 Å².